The summed E-state index contributed by atoms with van der Waals surface area (Å²) >= 11 is 0. The van der Waals surface area contributed by atoms with E-state index in [2.05, 4.69) is 39.2 Å². The number of rotatable bonds is 4. The third-order valence-corrected chi connectivity index (χ3v) is 4.54. The highest BCUT2D eigenvalue weighted by molar-refractivity contribution is 5.60. The van der Waals surface area contributed by atoms with Crippen LogP contribution >= 0.6 is 0 Å². The van der Waals surface area contributed by atoms with Crippen molar-refractivity contribution < 1.29 is 14.2 Å². The Balaban J connectivity index is 1.52. The molecule has 0 amide bonds. The minimum absolute atomic E-state index is 0.0289. The molecule has 3 heterocycles. The zero-order chi connectivity index (χ0) is 17.1. The van der Waals surface area contributed by atoms with Gasteiger partial charge in [0.05, 0.1) is 39.6 Å². The fourth-order valence-corrected chi connectivity index (χ4v) is 3.27. The number of anilines is 1. The summed E-state index contributed by atoms with van der Waals surface area (Å²) in [5.74, 6) is 1.64. The Hall–Kier alpha value is -1.96. The van der Waals surface area contributed by atoms with Crippen molar-refractivity contribution in [2.24, 2.45) is 0 Å². The normalized spacial score (nSPS) is 21.5. The number of hydrogen-bond donors (Lipinski definition) is 0. The van der Waals surface area contributed by atoms with Crippen LogP contribution in [0.5, 0.6) is 0 Å². The molecule has 2 fully saturated rings. The lowest BCUT2D eigenvalue weighted by Gasteiger charge is -2.28. The smallest absolute Gasteiger partial charge is 0.158 e. The lowest BCUT2D eigenvalue weighted by atomic mass is 10.1. The molecule has 4 rings (SSSR count). The number of morpholine rings is 1. The molecule has 25 heavy (non-hydrogen) atoms. The van der Waals surface area contributed by atoms with Gasteiger partial charge in [0, 0.05) is 24.3 Å². The standard InChI is InChI=1S/C18H24N4O3/c1-14-19-18(22(20-14)12-17-13-24-10-11-25-17)15-2-4-16(5-3-15)21-6-8-23-9-7-21/h2-5,17H,6-13H2,1H3/t17-/m1/s1. The summed E-state index contributed by atoms with van der Waals surface area (Å²) in [7, 11) is 0. The van der Waals surface area contributed by atoms with Crippen molar-refractivity contribution in [1.82, 2.24) is 14.8 Å². The molecule has 2 aromatic rings. The predicted molar refractivity (Wildman–Crippen MR) is 93.8 cm³/mol. The number of benzene rings is 1. The Morgan fingerprint density at radius 3 is 2.56 bits per heavy atom. The predicted octanol–water partition coefficient (Wildman–Crippen LogP) is 1.51. The molecule has 2 aliphatic rings. The van der Waals surface area contributed by atoms with E-state index in [0.717, 1.165) is 43.5 Å². The van der Waals surface area contributed by atoms with Gasteiger partial charge >= 0.3 is 0 Å². The van der Waals surface area contributed by atoms with Crippen molar-refractivity contribution in [3.05, 3.63) is 30.1 Å². The second-order valence-corrected chi connectivity index (χ2v) is 6.38. The zero-order valence-corrected chi connectivity index (χ0v) is 14.6. The van der Waals surface area contributed by atoms with Gasteiger partial charge in [-0.2, -0.15) is 5.10 Å². The maximum Gasteiger partial charge on any atom is 0.158 e. The molecule has 0 saturated carbocycles. The number of aromatic nitrogens is 3. The van der Waals surface area contributed by atoms with E-state index in [9.17, 15) is 0 Å². The number of nitrogens with zero attached hydrogens (tertiary/aromatic N) is 4. The minimum Gasteiger partial charge on any atom is -0.378 e. The van der Waals surface area contributed by atoms with E-state index in [0.29, 0.717) is 26.4 Å². The topological polar surface area (TPSA) is 61.6 Å². The van der Waals surface area contributed by atoms with Crippen LogP contribution in [0.15, 0.2) is 24.3 Å². The van der Waals surface area contributed by atoms with Gasteiger partial charge in [0.1, 0.15) is 11.9 Å². The van der Waals surface area contributed by atoms with E-state index in [4.69, 9.17) is 14.2 Å². The molecule has 2 aliphatic heterocycles. The second kappa shape index (κ2) is 7.51. The monoisotopic (exact) mass is 344 g/mol. The lowest BCUT2D eigenvalue weighted by Crippen LogP contribution is -2.36. The Kier molecular flexibility index (Phi) is 4.96. The number of hydrogen-bond acceptors (Lipinski definition) is 6. The first kappa shape index (κ1) is 16.5. The number of aryl methyl sites for hydroxylation is 1. The average Bonchev–Trinajstić information content (AvgIpc) is 3.03. The highest BCUT2D eigenvalue weighted by Gasteiger charge is 2.19. The fourth-order valence-electron chi connectivity index (χ4n) is 3.27. The largest absolute Gasteiger partial charge is 0.378 e. The molecular formula is C18H24N4O3. The van der Waals surface area contributed by atoms with Gasteiger partial charge in [-0.1, -0.05) is 0 Å². The van der Waals surface area contributed by atoms with E-state index in [1.54, 1.807) is 0 Å². The Morgan fingerprint density at radius 2 is 1.84 bits per heavy atom. The van der Waals surface area contributed by atoms with Gasteiger partial charge in [-0.15, -0.1) is 0 Å². The van der Waals surface area contributed by atoms with Crippen molar-refractivity contribution in [3.8, 4) is 11.4 Å². The molecule has 0 radical (unpaired) electrons. The molecule has 1 aromatic heterocycles. The molecule has 7 nitrogen and oxygen atoms in total. The Bertz CT molecular complexity index is 689. The van der Waals surface area contributed by atoms with Crippen LogP contribution in [0.2, 0.25) is 0 Å². The first-order valence-corrected chi connectivity index (χ1v) is 8.83. The zero-order valence-electron chi connectivity index (χ0n) is 14.6. The molecule has 134 valence electrons. The van der Waals surface area contributed by atoms with Gasteiger partial charge in [-0.25, -0.2) is 9.67 Å². The van der Waals surface area contributed by atoms with Crippen LogP contribution in [0.1, 0.15) is 5.82 Å². The summed E-state index contributed by atoms with van der Waals surface area (Å²) in [6.45, 7) is 7.94. The molecule has 1 aromatic carbocycles. The molecule has 2 saturated heterocycles. The molecule has 0 unspecified atom stereocenters. The van der Waals surface area contributed by atoms with E-state index in [1.165, 1.54) is 5.69 Å². The third-order valence-electron chi connectivity index (χ3n) is 4.54. The summed E-state index contributed by atoms with van der Waals surface area (Å²) in [5.41, 5.74) is 2.29. The highest BCUT2D eigenvalue weighted by atomic mass is 16.6. The highest BCUT2D eigenvalue weighted by Crippen LogP contribution is 2.23. The van der Waals surface area contributed by atoms with Crippen LogP contribution in [0.3, 0.4) is 0 Å². The SMILES string of the molecule is Cc1nc(-c2ccc(N3CCOCC3)cc2)n(C[C@@H]2COCCO2)n1. The van der Waals surface area contributed by atoms with Crippen molar-refractivity contribution in [3.63, 3.8) is 0 Å². The third kappa shape index (κ3) is 3.84. The molecule has 0 bridgehead atoms. The molecule has 0 aliphatic carbocycles. The van der Waals surface area contributed by atoms with Crippen LogP contribution < -0.4 is 4.90 Å². The van der Waals surface area contributed by atoms with Gasteiger partial charge in [0.15, 0.2) is 5.82 Å². The quantitative estimate of drug-likeness (QED) is 0.838. The van der Waals surface area contributed by atoms with Gasteiger partial charge in [0.25, 0.3) is 0 Å². The molecule has 0 spiro atoms. The summed E-state index contributed by atoms with van der Waals surface area (Å²) in [4.78, 5) is 6.95. The molecule has 0 N–H and O–H groups in total. The second-order valence-electron chi connectivity index (χ2n) is 6.38. The number of ether oxygens (including phenoxy) is 3. The molecular weight excluding hydrogens is 320 g/mol. The summed E-state index contributed by atoms with van der Waals surface area (Å²) in [5, 5.41) is 4.54. The van der Waals surface area contributed by atoms with Crippen LogP contribution in [0, 0.1) is 6.92 Å². The van der Waals surface area contributed by atoms with Crippen LogP contribution in [-0.2, 0) is 20.8 Å². The van der Waals surface area contributed by atoms with E-state index < -0.39 is 0 Å². The minimum atomic E-state index is 0.0289. The van der Waals surface area contributed by atoms with Crippen LogP contribution in [-0.4, -0.2) is 67.0 Å². The summed E-state index contributed by atoms with van der Waals surface area (Å²) < 4.78 is 18.6. The van der Waals surface area contributed by atoms with Gasteiger partial charge in [-0.3, -0.25) is 0 Å². The van der Waals surface area contributed by atoms with Gasteiger partial charge in [-0.05, 0) is 31.2 Å². The van der Waals surface area contributed by atoms with Crippen molar-refractivity contribution in [2.45, 2.75) is 19.6 Å². The first-order valence-electron chi connectivity index (χ1n) is 8.83. The van der Waals surface area contributed by atoms with Gasteiger partial charge < -0.3 is 19.1 Å². The van der Waals surface area contributed by atoms with Crippen molar-refractivity contribution >= 4 is 5.69 Å². The maximum atomic E-state index is 5.75. The van der Waals surface area contributed by atoms with Crippen molar-refractivity contribution in [2.75, 3.05) is 51.0 Å². The Labute approximate surface area is 147 Å². The lowest BCUT2D eigenvalue weighted by molar-refractivity contribution is -0.0945. The van der Waals surface area contributed by atoms with Crippen molar-refractivity contribution in [1.29, 1.82) is 0 Å². The molecule has 7 heteroatoms. The average molecular weight is 344 g/mol. The van der Waals surface area contributed by atoms with E-state index >= 15 is 0 Å². The van der Waals surface area contributed by atoms with E-state index in [-0.39, 0.29) is 6.10 Å². The van der Waals surface area contributed by atoms with E-state index in [1.807, 2.05) is 11.6 Å². The van der Waals surface area contributed by atoms with Crippen LogP contribution in [0.4, 0.5) is 5.69 Å². The fraction of sp³-hybridized carbons (Fsp3) is 0.556. The first-order chi connectivity index (χ1) is 12.3. The summed E-state index contributed by atoms with van der Waals surface area (Å²) in [6.07, 6.45) is 0.0289. The maximum absolute atomic E-state index is 5.75. The summed E-state index contributed by atoms with van der Waals surface area (Å²) in [6, 6.07) is 8.52. The van der Waals surface area contributed by atoms with Crippen LogP contribution in [0.25, 0.3) is 11.4 Å². The van der Waals surface area contributed by atoms with Gasteiger partial charge in [0.2, 0.25) is 0 Å². The molecule has 1 atom stereocenters. The Morgan fingerprint density at radius 1 is 1.04 bits per heavy atom.